The van der Waals surface area contributed by atoms with Gasteiger partial charge in [0.1, 0.15) is 6.07 Å². The van der Waals surface area contributed by atoms with Gasteiger partial charge in [-0.15, -0.1) is 0 Å². The number of sulfonamides is 1. The Balaban J connectivity index is 1.72. The molecular formula is C16H19N3O3S. The van der Waals surface area contributed by atoms with Crippen LogP contribution in [-0.4, -0.2) is 49.7 Å². The average Bonchev–Trinajstić information content (AvgIpc) is 3.31. The molecule has 1 saturated heterocycles. The summed E-state index contributed by atoms with van der Waals surface area (Å²) >= 11 is 0. The van der Waals surface area contributed by atoms with Crippen LogP contribution in [0.1, 0.15) is 18.9 Å². The molecule has 23 heavy (non-hydrogen) atoms. The van der Waals surface area contributed by atoms with E-state index in [1.165, 1.54) is 16.4 Å². The van der Waals surface area contributed by atoms with Crippen LogP contribution in [0.25, 0.3) is 0 Å². The van der Waals surface area contributed by atoms with Crippen molar-refractivity contribution < 1.29 is 13.2 Å². The fraction of sp³-hybridized carbons (Fsp3) is 0.500. The van der Waals surface area contributed by atoms with Gasteiger partial charge in [-0.25, -0.2) is 8.42 Å². The van der Waals surface area contributed by atoms with E-state index in [-0.39, 0.29) is 35.4 Å². The number of carbonyl (C=O) groups is 1. The Hall–Kier alpha value is -1.91. The van der Waals surface area contributed by atoms with Crippen LogP contribution >= 0.6 is 0 Å². The smallest absolute Gasteiger partial charge is 0.244 e. The zero-order valence-corrected chi connectivity index (χ0v) is 13.8. The normalized spacial score (nSPS) is 25.0. The lowest BCUT2D eigenvalue weighted by Crippen LogP contribution is -2.51. The minimum atomic E-state index is -3.70. The Morgan fingerprint density at radius 2 is 1.83 bits per heavy atom. The van der Waals surface area contributed by atoms with Gasteiger partial charge in [0.2, 0.25) is 15.9 Å². The first kappa shape index (κ1) is 16.0. The lowest BCUT2D eigenvalue weighted by molar-refractivity contribution is -0.134. The lowest BCUT2D eigenvalue weighted by Gasteiger charge is -2.34. The minimum absolute atomic E-state index is 0.0399. The number of piperazine rings is 1. The Kier molecular flexibility index (Phi) is 4.13. The quantitative estimate of drug-likeness (QED) is 0.828. The van der Waals surface area contributed by atoms with Crippen molar-refractivity contribution in [2.24, 2.45) is 11.8 Å². The highest BCUT2D eigenvalue weighted by atomic mass is 32.2. The Bertz CT molecular complexity index is 761. The molecule has 1 saturated carbocycles. The minimum Gasteiger partial charge on any atom is -0.340 e. The first-order valence-electron chi connectivity index (χ1n) is 7.73. The molecule has 0 aromatic heterocycles. The summed E-state index contributed by atoms with van der Waals surface area (Å²) in [5.41, 5.74) is 0.151. The third kappa shape index (κ3) is 2.96. The van der Waals surface area contributed by atoms with Gasteiger partial charge >= 0.3 is 0 Å². The van der Waals surface area contributed by atoms with Gasteiger partial charge in [0, 0.05) is 32.1 Å². The fourth-order valence-electron chi connectivity index (χ4n) is 2.97. The highest BCUT2D eigenvalue weighted by Gasteiger charge is 2.42. The van der Waals surface area contributed by atoms with Crippen molar-refractivity contribution in [1.29, 1.82) is 5.26 Å². The van der Waals surface area contributed by atoms with E-state index in [1.54, 1.807) is 17.0 Å². The molecule has 6 nitrogen and oxygen atoms in total. The third-order valence-electron chi connectivity index (χ3n) is 4.60. The standard InChI is InChI=1S/C16H19N3O3S/c1-12-10-14(12)16(20)18-6-8-19(9-7-18)23(21,22)15-5-3-2-4-13(15)11-17/h2-5,12,14H,6-10H2,1H3. The number of amides is 1. The first-order valence-corrected chi connectivity index (χ1v) is 9.17. The Morgan fingerprint density at radius 3 is 2.39 bits per heavy atom. The highest BCUT2D eigenvalue weighted by molar-refractivity contribution is 7.89. The van der Waals surface area contributed by atoms with Gasteiger partial charge in [-0.2, -0.15) is 9.57 Å². The van der Waals surface area contributed by atoms with Crippen molar-refractivity contribution in [3.05, 3.63) is 29.8 Å². The second-order valence-electron chi connectivity index (χ2n) is 6.16. The lowest BCUT2D eigenvalue weighted by atomic mass is 10.2. The topological polar surface area (TPSA) is 81.5 Å². The van der Waals surface area contributed by atoms with Gasteiger partial charge < -0.3 is 4.90 Å². The molecule has 1 amide bonds. The first-order chi connectivity index (χ1) is 10.9. The van der Waals surface area contributed by atoms with Crippen molar-refractivity contribution in [2.45, 2.75) is 18.2 Å². The summed E-state index contributed by atoms with van der Waals surface area (Å²) in [6, 6.07) is 8.14. The number of hydrogen-bond acceptors (Lipinski definition) is 4. The molecule has 0 radical (unpaired) electrons. The van der Waals surface area contributed by atoms with Crippen molar-refractivity contribution >= 4 is 15.9 Å². The SMILES string of the molecule is CC1CC1C(=O)N1CCN(S(=O)(=O)c2ccccc2C#N)CC1. The van der Waals surface area contributed by atoms with E-state index < -0.39 is 10.0 Å². The van der Waals surface area contributed by atoms with Crippen molar-refractivity contribution in [3.8, 4) is 6.07 Å². The summed E-state index contributed by atoms with van der Waals surface area (Å²) < 4.78 is 26.8. The summed E-state index contributed by atoms with van der Waals surface area (Å²) in [6.07, 6.45) is 0.937. The zero-order chi connectivity index (χ0) is 16.6. The number of nitriles is 1. The average molecular weight is 333 g/mol. The van der Waals surface area contributed by atoms with Crippen molar-refractivity contribution in [2.75, 3.05) is 26.2 Å². The zero-order valence-electron chi connectivity index (χ0n) is 13.0. The maximum absolute atomic E-state index is 12.7. The molecule has 1 aliphatic carbocycles. The van der Waals surface area contributed by atoms with E-state index in [9.17, 15) is 13.2 Å². The molecule has 2 aliphatic rings. The van der Waals surface area contributed by atoms with E-state index in [0.717, 1.165) is 6.42 Å². The Morgan fingerprint density at radius 1 is 1.22 bits per heavy atom. The maximum Gasteiger partial charge on any atom is 0.244 e. The number of nitrogens with zero attached hydrogens (tertiary/aromatic N) is 3. The van der Waals surface area contributed by atoms with E-state index >= 15 is 0 Å². The molecular weight excluding hydrogens is 314 g/mol. The van der Waals surface area contributed by atoms with Crippen molar-refractivity contribution in [1.82, 2.24) is 9.21 Å². The van der Waals surface area contributed by atoms with Gasteiger partial charge in [0.05, 0.1) is 10.5 Å². The van der Waals surface area contributed by atoms with Crippen LogP contribution in [0, 0.1) is 23.2 Å². The molecule has 1 aliphatic heterocycles. The Labute approximate surface area is 136 Å². The second kappa shape index (κ2) is 5.95. The molecule has 2 unspecified atom stereocenters. The monoisotopic (exact) mass is 333 g/mol. The summed E-state index contributed by atoms with van der Waals surface area (Å²) in [5.74, 6) is 0.719. The molecule has 2 atom stereocenters. The van der Waals surface area contributed by atoms with Crippen LogP contribution in [-0.2, 0) is 14.8 Å². The maximum atomic E-state index is 12.7. The number of carbonyl (C=O) groups excluding carboxylic acids is 1. The molecule has 2 fully saturated rings. The summed E-state index contributed by atoms with van der Waals surface area (Å²) in [5, 5.41) is 9.10. The van der Waals surface area contributed by atoms with Gasteiger partial charge in [-0.1, -0.05) is 19.1 Å². The molecule has 3 rings (SSSR count). The van der Waals surface area contributed by atoms with Crippen molar-refractivity contribution in [3.63, 3.8) is 0 Å². The van der Waals surface area contributed by atoms with Crippen LogP contribution in [0.15, 0.2) is 29.2 Å². The molecule has 0 N–H and O–H groups in total. The van der Waals surface area contributed by atoms with Crippen LogP contribution in [0.3, 0.4) is 0 Å². The van der Waals surface area contributed by atoms with Crippen LogP contribution in [0.4, 0.5) is 0 Å². The molecule has 0 bridgehead atoms. The van der Waals surface area contributed by atoms with Gasteiger partial charge in [0.25, 0.3) is 0 Å². The number of hydrogen-bond donors (Lipinski definition) is 0. The molecule has 122 valence electrons. The fourth-order valence-corrected chi connectivity index (χ4v) is 4.54. The van der Waals surface area contributed by atoms with E-state index in [1.807, 2.05) is 6.07 Å². The number of rotatable bonds is 3. The predicted molar refractivity (Wildman–Crippen MR) is 83.8 cm³/mol. The van der Waals surface area contributed by atoms with E-state index in [4.69, 9.17) is 5.26 Å². The van der Waals surface area contributed by atoms with Crippen LogP contribution in [0.5, 0.6) is 0 Å². The van der Waals surface area contributed by atoms with E-state index in [0.29, 0.717) is 19.0 Å². The predicted octanol–water partition coefficient (Wildman–Crippen LogP) is 1.05. The molecule has 1 aromatic carbocycles. The van der Waals surface area contributed by atoms with E-state index in [2.05, 4.69) is 6.92 Å². The highest BCUT2D eigenvalue weighted by Crippen LogP contribution is 2.39. The molecule has 7 heteroatoms. The second-order valence-corrected chi connectivity index (χ2v) is 8.06. The third-order valence-corrected chi connectivity index (χ3v) is 6.56. The summed E-state index contributed by atoms with van der Waals surface area (Å²) in [7, 11) is -3.70. The van der Waals surface area contributed by atoms with Crippen LogP contribution in [0.2, 0.25) is 0 Å². The molecule has 0 spiro atoms. The molecule has 1 heterocycles. The largest absolute Gasteiger partial charge is 0.340 e. The summed E-state index contributed by atoms with van der Waals surface area (Å²) in [6.45, 7) is 3.43. The number of benzene rings is 1. The van der Waals surface area contributed by atoms with Crippen LogP contribution < -0.4 is 0 Å². The molecule has 1 aromatic rings. The van der Waals surface area contributed by atoms with Gasteiger partial charge in [0.15, 0.2) is 0 Å². The van der Waals surface area contributed by atoms with Gasteiger partial charge in [-0.3, -0.25) is 4.79 Å². The summed E-state index contributed by atoms with van der Waals surface area (Å²) in [4.78, 5) is 14.0. The van der Waals surface area contributed by atoms with Gasteiger partial charge in [-0.05, 0) is 24.5 Å².